The Bertz CT molecular complexity index is 477. The first-order valence-corrected chi connectivity index (χ1v) is 6.34. The molecule has 0 radical (unpaired) electrons. The lowest BCUT2D eigenvalue weighted by Crippen LogP contribution is -2.56. The molecule has 0 unspecified atom stereocenters. The van der Waals surface area contributed by atoms with Crippen molar-refractivity contribution in [3.8, 4) is 0 Å². The minimum absolute atomic E-state index is 0.399. The van der Waals surface area contributed by atoms with E-state index in [1.807, 2.05) is 0 Å². The zero-order valence-corrected chi connectivity index (χ0v) is 10.8. The largest absolute Gasteiger partial charge is 0.480 e. The van der Waals surface area contributed by atoms with Crippen molar-refractivity contribution in [3.63, 3.8) is 0 Å². The number of aliphatic carboxylic acids is 1. The highest BCUT2D eigenvalue weighted by molar-refractivity contribution is 5.93. The molecule has 0 saturated heterocycles. The number of aryl methyl sites for hydroxylation is 1. The number of urea groups is 1. The van der Waals surface area contributed by atoms with Gasteiger partial charge in [-0.25, -0.2) is 9.59 Å². The minimum atomic E-state index is -1.14. The number of aromatic nitrogens is 2. The van der Waals surface area contributed by atoms with Crippen LogP contribution in [0.5, 0.6) is 0 Å². The van der Waals surface area contributed by atoms with Crippen LogP contribution in [0.3, 0.4) is 0 Å². The number of hydrogen-bond donors (Lipinski definition) is 3. The number of anilines is 1. The lowest BCUT2D eigenvalue weighted by molar-refractivity contribution is -0.145. The molecule has 0 aromatic carbocycles. The molecule has 0 spiro atoms. The third-order valence-electron chi connectivity index (χ3n) is 3.42. The Labute approximate surface area is 111 Å². The van der Waals surface area contributed by atoms with Crippen LogP contribution in [0.25, 0.3) is 0 Å². The van der Waals surface area contributed by atoms with Gasteiger partial charge in [-0.05, 0) is 12.8 Å². The molecule has 1 aromatic heterocycles. The van der Waals surface area contributed by atoms with Crippen LogP contribution in [0.2, 0.25) is 0 Å². The third-order valence-corrected chi connectivity index (χ3v) is 3.42. The van der Waals surface area contributed by atoms with Crippen LogP contribution in [0.1, 0.15) is 32.1 Å². The number of rotatable bonds is 3. The van der Waals surface area contributed by atoms with Gasteiger partial charge in [0.15, 0.2) is 5.82 Å². The van der Waals surface area contributed by atoms with Crippen molar-refractivity contribution in [1.29, 1.82) is 0 Å². The molecule has 2 rings (SSSR count). The maximum atomic E-state index is 11.9. The normalized spacial score (nSPS) is 17.7. The fourth-order valence-electron chi connectivity index (χ4n) is 2.39. The van der Waals surface area contributed by atoms with Gasteiger partial charge >= 0.3 is 12.0 Å². The van der Waals surface area contributed by atoms with Crippen LogP contribution in [-0.4, -0.2) is 32.4 Å². The van der Waals surface area contributed by atoms with E-state index in [-0.39, 0.29) is 0 Å². The maximum Gasteiger partial charge on any atom is 0.329 e. The topological polar surface area (TPSA) is 96.2 Å². The predicted octanol–water partition coefficient (Wildman–Crippen LogP) is 1.33. The van der Waals surface area contributed by atoms with Gasteiger partial charge in [-0.1, -0.05) is 19.3 Å². The highest BCUT2D eigenvalue weighted by Crippen LogP contribution is 2.28. The summed E-state index contributed by atoms with van der Waals surface area (Å²) in [5.41, 5.74) is -1.14. The Balaban J connectivity index is 2.01. The molecule has 7 heteroatoms. The summed E-state index contributed by atoms with van der Waals surface area (Å²) >= 11 is 0. The highest BCUT2D eigenvalue weighted by atomic mass is 16.4. The summed E-state index contributed by atoms with van der Waals surface area (Å²) in [7, 11) is 1.74. The van der Waals surface area contributed by atoms with Gasteiger partial charge in [0.25, 0.3) is 0 Å². The summed E-state index contributed by atoms with van der Waals surface area (Å²) in [5.74, 6) is -0.570. The SMILES string of the molecule is Cn1ccc(NC(=O)NC2(C(=O)O)CCCCC2)n1. The van der Waals surface area contributed by atoms with Crippen LogP contribution in [0.15, 0.2) is 12.3 Å². The molecule has 1 fully saturated rings. The molecule has 1 heterocycles. The molecule has 0 aliphatic heterocycles. The van der Waals surface area contributed by atoms with Gasteiger partial charge < -0.3 is 10.4 Å². The monoisotopic (exact) mass is 266 g/mol. The van der Waals surface area contributed by atoms with Crippen molar-refractivity contribution >= 4 is 17.8 Å². The van der Waals surface area contributed by atoms with E-state index < -0.39 is 17.5 Å². The molecular weight excluding hydrogens is 248 g/mol. The third kappa shape index (κ3) is 3.04. The van der Waals surface area contributed by atoms with Crippen molar-refractivity contribution in [2.75, 3.05) is 5.32 Å². The van der Waals surface area contributed by atoms with E-state index in [0.29, 0.717) is 18.7 Å². The fourth-order valence-corrected chi connectivity index (χ4v) is 2.39. The number of hydrogen-bond acceptors (Lipinski definition) is 3. The molecule has 19 heavy (non-hydrogen) atoms. The standard InChI is InChI=1S/C12H18N4O3/c1-16-8-5-9(15-16)13-11(19)14-12(10(17)18)6-3-2-4-7-12/h5,8H,2-4,6-7H2,1H3,(H,17,18)(H2,13,14,15,19). The van der Waals surface area contributed by atoms with Gasteiger partial charge in [-0.2, -0.15) is 5.10 Å². The summed E-state index contributed by atoms with van der Waals surface area (Å²) in [6.45, 7) is 0. The second-order valence-electron chi connectivity index (χ2n) is 4.90. The van der Waals surface area contributed by atoms with Gasteiger partial charge in [-0.3, -0.25) is 10.00 Å². The minimum Gasteiger partial charge on any atom is -0.480 e. The van der Waals surface area contributed by atoms with Gasteiger partial charge in [0.1, 0.15) is 5.54 Å². The van der Waals surface area contributed by atoms with Crippen molar-refractivity contribution in [2.45, 2.75) is 37.6 Å². The number of carboxylic acid groups (broad SMARTS) is 1. The zero-order valence-electron chi connectivity index (χ0n) is 10.8. The Morgan fingerprint density at radius 1 is 1.37 bits per heavy atom. The molecule has 3 N–H and O–H groups in total. The molecule has 1 aliphatic rings. The van der Waals surface area contributed by atoms with Gasteiger partial charge in [0.05, 0.1) is 0 Å². The van der Waals surface area contributed by atoms with E-state index in [0.717, 1.165) is 19.3 Å². The number of nitrogens with one attached hydrogen (secondary N) is 2. The average Bonchev–Trinajstić information content (AvgIpc) is 2.75. The quantitative estimate of drug-likeness (QED) is 0.769. The lowest BCUT2D eigenvalue weighted by Gasteiger charge is -2.33. The first-order valence-electron chi connectivity index (χ1n) is 6.34. The fraction of sp³-hybridized carbons (Fsp3) is 0.583. The number of carbonyl (C=O) groups excluding carboxylic acids is 1. The Hall–Kier alpha value is -2.05. The van der Waals surface area contributed by atoms with E-state index in [1.165, 1.54) is 0 Å². The summed E-state index contributed by atoms with van der Waals surface area (Å²) in [4.78, 5) is 23.3. The summed E-state index contributed by atoms with van der Waals surface area (Å²) < 4.78 is 1.56. The summed E-state index contributed by atoms with van der Waals surface area (Å²) in [6, 6.07) is 1.12. The number of nitrogens with zero attached hydrogens (tertiary/aromatic N) is 2. The van der Waals surface area contributed by atoms with Gasteiger partial charge in [0, 0.05) is 19.3 Å². The van der Waals surface area contributed by atoms with Crippen LogP contribution in [0, 0.1) is 0 Å². The van der Waals surface area contributed by atoms with Crippen LogP contribution in [0.4, 0.5) is 10.6 Å². The lowest BCUT2D eigenvalue weighted by atomic mass is 9.82. The van der Waals surface area contributed by atoms with E-state index in [2.05, 4.69) is 15.7 Å². The molecule has 104 valence electrons. The summed E-state index contributed by atoms with van der Waals surface area (Å²) in [6.07, 6.45) is 5.28. The summed E-state index contributed by atoms with van der Waals surface area (Å²) in [5, 5.41) is 18.5. The van der Waals surface area contributed by atoms with E-state index in [1.54, 1.807) is 24.0 Å². The van der Waals surface area contributed by atoms with E-state index >= 15 is 0 Å². The molecule has 2 amide bonds. The van der Waals surface area contributed by atoms with Crippen molar-refractivity contribution < 1.29 is 14.7 Å². The van der Waals surface area contributed by atoms with E-state index in [4.69, 9.17) is 0 Å². The smallest absolute Gasteiger partial charge is 0.329 e. The van der Waals surface area contributed by atoms with Crippen LogP contribution < -0.4 is 10.6 Å². The van der Waals surface area contributed by atoms with E-state index in [9.17, 15) is 14.7 Å². The molecule has 1 aliphatic carbocycles. The van der Waals surface area contributed by atoms with Crippen LogP contribution in [-0.2, 0) is 11.8 Å². The van der Waals surface area contributed by atoms with Crippen LogP contribution >= 0.6 is 0 Å². The molecule has 0 atom stereocenters. The number of carboxylic acids is 1. The van der Waals surface area contributed by atoms with Crippen molar-refractivity contribution in [1.82, 2.24) is 15.1 Å². The highest BCUT2D eigenvalue weighted by Gasteiger charge is 2.41. The molecule has 7 nitrogen and oxygen atoms in total. The van der Waals surface area contributed by atoms with Gasteiger partial charge in [0.2, 0.25) is 0 Å². The number of carbonyl (C=O) groups is 2. The molecule has 0 bridgehead atoms. The van der Waals surface area contributed by atoms with Crippen molar-refractivity contribution in [3.05, 3.63) is 12.3 Å². The molecule has 1 saturated carbocycles. The average molecular weight is 266 g/mol. The molecule has 1 aromatic rings. The van der Waals surface area contributed by atoms with Crippen molar-refractivity contribution in [2.24, 2.45) is 7.05 Å². The Kier molecular flexibility index (Phi) is 3.73. The van der Waals surface area contributed by atoms with Gasteiger partial charge in [-0.15, -0.1) is 0 Å². The molecular formula is C12H18N4O3. The number of amides is 2. The Morgan fingerprint density at radius 3 is 2.58 bits per heavy atom. The zero-order chi connectivity index (χ0) is 13.9. The maximum absolute atomic E-state index is 11.9. The first kappa shape index (κ1) is 13.4. The second kappa shape index (κ2) is 5.29. The second-order valence-corrected chi connectivity index (χ2v) is 4.90. The first-order chi connectivity index (χ1) is 9.02. The Morgan fingerprint density at radius 2 is 2.05 bits per heavy atom. The predicted molar refractivity (Wildman–Crippen MR) is 68.8 cm³/mol.